The third kappa shape index (κ3) is 2.86. The molecule has 0 aliphatic heterocycles. The van der Waals surface area contributed by atoms with Gasteiger partial charge >= 0.3 is 0 Å². The molecule has 0 heterocycles. The van der Waals surface area contributed by atoms with Crippen LogP contribution in [-0.4, -0.2) is 17.3 Å². The van der Waals surface area contributed by atoms with Crippen LogP contribution in [0, 0.1) is 0 Å². The van der Waals surface area contributed by atoms with Crippen LogP contribution < -0.4 is 4.74 Å². The highest BCUT2D eigenvalue weighted by molar-refractivity contribution is 5.46. The Kier molecular flexibility index (Phi) is 4.43. The number of phenols is 1. The van der Waals surface area contributed by atoms with Crippen LogP contribution in [0.5, 0.6) is 11.5 Å². The van der Waals surface area contributed by atoms with Gasteiger partial charge in [-0.15, -0.1) is 0 Å². The molecule has 1 unspecified atom stereocenters. The molecule has 0 radical (unpaired) electrons. The van der Waals surface area contributed by atoms with Crippen LogP contribution in [0.4, 0.5) is 0 Å². The summed E-state index contributed by atoms with van der Waals surface area (Å²) in [5, 5.41) is 19.6. The molecule has 0 aliphatic rings. The summed E-state index contributed by atoms with van der Waals surface area (Å²) in [7, 11) is 1.50. The molecule has 0 amide bonds. The van der Waals surface area contributed by atoms with E-state index in [-0.39, 0.29) is 5.75 Å². The monoisotopic (exact) mass is 210 g/mol. The van der Waals surface area contributed by atoms with Crippen LogP contribution in [0.3, 0.4) is 0 Å². The average Bonchev–Trinajstić information content (AvgIpc) is 2.26. The van der Waals surface area contributed by atoms with E-state index in [1.807, 2.05) is 0 Å². The fraction of sp³-hybridized carbons (Fsp3) is 0.500. The van der Waals surface area contributed by atoms with Crippen molar-refractivity contribution in [1.29, 1.82) is 0 Å². The molecule has 0 spiro atoms. The van der Waals surface area contributed by atoms with Crippen molar-refractivity contribution in [2.75, 3.05) is 7.11 Å². The standard InChI is InChI=1S/C12H18O3/c1-3-4-7-10(13)9-6-5-8-11(15-2)12(9)14/h5-6,8,10,13-14H,3-4,7H2,1-2H3. The summed E-state index contributed by atoms with van der Waals surface area (Å²) in [6.45, 7) is 2.07. The lowest BCUT2D eigenvalue weighted by molar-refractivity contribution is 0.160. The summed E-state index contributed by atoms with van der Waals surface area (Å²) in [6.07, 6.45) is 2.02. The summed E-state index contributed by atoms with van der Waals surface area (Å²) >= 11 is 0. The van der Waals surface area contributed by atoms with Crippen molar-refractivity contribution in [2.24, 2.45) is 0 Å². The van der Waals surface area contributed by atoms with Crippen LogP contribution in [0.15, 0.2) is 18.2 Å². The molecule has 0 aliphatic carbocycles. The topological polar surface area (TPSA) is 49.7 Å². The van der Waals surface area contributed by atoms with Crippen LogP contribution in [0.2, 0.25) is 0 Å². The van der Waals surface area contributed by atoms with Gasteiger partial charge in [0.2, 0.25) is 0 Å². The summed E-state index contributed by atoms with van der Waals surface area (Å²) < 4.78 is 4.98. The minimum absolute atomic E-state index is 0.0450. The predicted molar refractivity (Wildman–Crippen MR) is 59.1 cm³/mol. The molecular formula is C12H18O3. The third-order valence-electron chi connectivity index (χ3n) is 2.44. The summed E-state index contributed by atoms with van der Waals surface area (Å²) in [6, 6.07) is 5.16. The molecule has 84 valence electrons. The van der Waals surface area contributed by atoms with E-state index < -0.39 is 6.10 Å². The molecule has 1 atom stereocenters. The van der Waals surface area contributed by atoms with Crippen molar-refractivity contribution in [3.05, 3.63) is 23.8 Å². The number of aliphatic hydroxyl groups is 1. The van der Waals surface area contributed by atoms with Gasteiger partial charge in [-0.1, -0.05) is 31.9 Å². The molecule has 2 N–H and O–H groups in total. The number of para-hydroxylation sites is 1. The molecule has 1 rings (SSSR count). The smallest absolute Gasteiger partial charge is 0.163 e. The highest BCUT2D eigenvalue weighted by Crippen LogP contribution is 2.34. The largest absolute Gasteiger partial charge is 0.504 e. The molecule has 0 saturated carbocycles. The van der Waals surface area contributed by atoms with Gasteiger partial charge in [-0.25, -0.2) is 0 Å². The first-order valence-electron chi connectivity index (χ1n) is 5.24. The predicted octanol–water partition coefficient (Wildman–Crippen LogP) is 2.62. The SMILES string of the molecule is CCCCC(O)c1cccc(OC)c1O. The molecule has 0 saturated heterocycles. The van der Waals surface area contributed by atoms with Gasteiger partial charge in [0.25, 0.3) is 0 Å². The van der Waals surface area contributed by atoms with Crippen LogP contribution in [-0.2, 0) is 0 Å². The second kappa shape index (κ2) is 5.61. The van der Waals surface area contributed by atoms with Gasteiger partial charge in [-0.05, 0) is 12.5 Å². The lowest BCUT2D eigenvalue weighted by Gasteiger charge is -2.13. The number of ether oxygens (including phenoxy) is 1. The molecule has 1 aromatic rings. The van der Waals surface area contributed by atoms with E-state index in [0.717, 1.165) is 12.8 Å². The van der Waals surface area contributed by atoms with E-state index >= 15 is 0 Å². The molecular weight excluding hydrogens is 192 g/mol. The second-order valence-electron chi connectivity index (χ2n) is 3.56. The minimum atomic E-state index is -0.611. The van der Waals surface area contributed by atoms with E-state index in [4.69, 9.17) is 4.74 Å². The second-order valence-corrected chi connectivity index (χ2v) is 3.56. The Bertz CT molecular complexity index is 310. The first-order chi connectivity index (χ1) is 7.20. The highest BCUT2D eigenvalue weighted by Gasteiger charge is 2.14. The number of rotatable bonds is 5. The van der Waals surface area contributed by atoms with Crippen molar-refractivity contribution < 1.29 is 14.9 Å². The van der Waals surface area contributed by atoms with Crippen molar-refractivity contribution in [1.82, 2.24) is 0 Å². The Morgan fingerprint density at radius 3 is 2.73 bits per heavy atom. The van der Waals surface area contributed by atoms with Gasteiger partial charge in [-0.3, -0.25) is 0 Å². The van der Waals surface area contributed by atoms with Gasteiger partial charge in [0, 0.05) is 5.56 Å². The Labute approximate surface area is 90.3 Å². The summed E-state index contributed by atoms with van der Waals surface area (Å²) in [4.78, 5) is 0. The number of unbranched alkanes of at least 4 members (excludes halogenated alkanes) is 1. The maximum atomic E-state index is 9.84. The third-order valence-corrected chi connectivity index (χ3v) is 2.44. The van der Waals surface area contributed by atoms with Gasteiger partial charge in [0.05, 0.1) is 13.2 Å². The van der Waals surface area contributed by atoms with E-state index in [1.54, 1.807) is 18.2 Å². The number of methoxy groups -OCH3 is 1. The number of hydrogen-bond donors (Lipinski definition) is 2. The van der Waals surface area contributed by atoms with Crippen molar-refractivity contribution in [3.8, 4) is 11.5 Å². The fourth-order valence-corrected chi connectivity index (χ4v) is 1.53. The zero-order valence-electron chi connectivity index (χ0n) is 9.23. The first-order valence-corrected chi connectivity index (χ1v) is 5.24. The van der Waals surface area contributed by atoms with Gasteiger partial charge in [0.1, 0.15) is 0 Å². The van der Waals surface area contributed by atoms with E-state index in [1.165, 1.54) is 7.11 Å². The maximum Gasteiger partial charge on any atom is 0.163 e. The summed E-state index contributed by atoms with van der Waals surface area (Å²) in [5.74, 6) is 0.451. The van der Waals surface area contributed by atoms with Crippen LogP contribution in [0.1, 0.15) is 37.9 Å². The quantitative estimate of drug-likeness (QED) is 0.785. The number of aliphatic hydroxyl groups excluding tert-OH is 1. The zero-order chi connectivity index (χ0) is 11.3. The van der Waals surface area contributed by atoms with Crippen molar-refractivity contribution in [2.45, 2.75) is 32.3 Å². The number of aromatic hydroxyl groups is 1. The van der Waals surface area contributed by atoms with E-state index in [9.17, 15) is 10.2 Å². The molecule has 1 aromatic carbocycles. The molecule has 0 bridgehead atoms. The van der Waals surface area contributed by atoms with E-state index in [0.29, 0.717) is 17.7 Å². The highest BCUT2D eigenvalue weighted by atomic mass is 16.5. The van der Waals surface area contributed by atoms with Gasteiger partial charge in [0.15, 0.2) is 11.5 Å². The molecule has 15 heavy (non-hydrogen) atoms. The van der Waals surface area contributed by atoms with Crippen molar-refractivity contribution in [3.63, 3.8) is 0 Å². The first kappa shape index (κ1) is 11.9. The van der Waals surface area contributed by atoms with Crippen LogP contribution in [0.25, 0.3) is 0 Å². The Hall–Kier alpha value is -1.22. The lowest BCUT2D eigenvalue weighted by Crippen LogP contribution is -1.98. The number of hydrogen-bond acceptors (Lipinski definition) is 3. The molecule has 0 fully saturated rings. The fourth-order valence-electron chi connectivity index (χ4n) is 1.53. The maximum absolute atomic E-state index is 9.84. The van der Waals surface area contributed by atoms with Crippen molar-refractivity contribution >= 4 is 0 Å². The Morgan fingerprint density at radius 1 is 1.40 bits per heavy atom. The lowest BCUT2D eigenvalue weighted by atomic mass is 10.0. The number of phenolic OH excluding ortho intramolecular Hbond substituents is 1. The Balaban J connectivity index is 2.83. The number of benzene rings is 1. The normalized spacial score (nSPS) is 12.5. The Morgan fingerprint density at radius 2 is 2.13 bits per heavy atom. The average molecular weight is 210 g/mol. The molecule has 0 aromatic heterocycles. The molecule has 3 heteroatoms. The van der Waals surface area contributed by atoms with Gasteiger partial charge in [-0.2, -0.15) is 0 Å². The van der Waals surface area contributed by atoms with Gasteiger partial charge < -0.3 is 14.9 Å². The minimum Gasteiger partial charge on any atom is -0.504 e. The van der Waals surface area contributed by atoms with E-state index in [2.05, 4.69) is 6.92 Å². The van der Waals surface area contributed by atoms with Crippen LogP contribution >= 0.6 is 0 Å². The zero-order valence-corrected chi connectivity index (χ0v) is 9.23. The summed E-state index contributed by atoms with van der Waals surface area (Å²) in [5.41, 5.74) is 0.544. The molecule has 3 nitrogen and oxygen atoms in total.